The Morgan fingerprint density at radius 2 is 1.59 bits per heavy atom. The lowest BCUT2D eigenvalue weighted by molar-refractivity contribution is -0.140. The van der Waals surface area contributed by atoms with E-state index in [0.29, 0.717) is 25.8 Å². The molecule has 6 heteroatoms. The van der Waals surface area contributed by atoms with Crippen molar-refractivity contribution in [3.63, 3.8) is 0 Å². The number of rotatable bonds is 10. The molecule has 0 heterocycles. The van der Waals surface area contributed by atoms with Crippen LogP contribution in [0.2, 0.25) is 0 Å². The van der Waals surface area contributed by atoms with Gasteiger partial charge in [-0.1, -0.05) is 13.8 Å². The van der Waals surface area contributed by atoms with Crippen LogP contribution >= 0.6 is 7.60 Å². The third-order valence-corrected chi connectivity index (χ3v) is 3.88. The second kappa shape index (κ2) is 9.63. The number of carbonyl (C=O) groups is 1. The van der Waals surface area contributed by atoms with E-state index in [9.17, 15) is 9.36 Å². The van der Waals surface area contributed by atoms with Crippen LogP contribution < -0.4 is 0 Å². The summed E-state index contributed by atoms with van der Waals surface area (Å²) in [6, 6.07) is 0. The highest BCUT2D eigenvalue weighted by Gasteiger charge is 2.23. The molecule has 0 aromatic heterocycles. The smallest absolute Gasteiger partial charge is 0.330 e. The van der Waals surface area contributed by atoms with Gasteiger partial charge < -0.3 is 13.8 Å². The molecule has 0 spiro atoms. The average Bonchev–Trinajstić information content (AvgIpc) is 2.30. The van der Waals surface area contributed by atoms with Crippen LogP contribution in [0.25, 0.3) is 0 Å². The summed E-state index contributed by atoms with van der Waals surface area (Å²) in [5.41, 5.74) is 0. The van der Waals surface area contributed by atoms with Crippen LogP contribution in [0, 0.1) is 0 Å². The van der Waals surface area contributed by atoms with Crippen molar-refractivity contribution in [2.45, 2.75) is 40.0 Å². The molecule has 0 unspecified atom stereocenters. The molecule has 0 bridgehead atoms. The summed E-state index contributed by atoms with van der Waals surface area (Å²) >= 11 is 0. The van der Waals surface area contributed by atoms with Gasteiger partial charge in [0.2, 0.25) is 0 Å². The lowest BCUT2D eigenvalue weighted by Gasteiger charge is -2.17. The lowest BCUT2D eigenvalue weighted by atomic mass is 10.5. The van der Waals surface area contributed by atoms with Crippen molar-refractivity contribution in [1.82, 2.24) is 0 Å². The van der Waals surface area contributed by atoms with Crippen LogP contribution in [-0.4, -0.2) is 32.0 Å². The van der Waals surface area contributed by atoms with Crippen LogP contribution in [-0.2, 0) is 23.1 Å². The molecule has 0 aromatic rings. The number of hydrogen-bond acceptors (Lipinski definition) is 5. The zero-order valence-electron chi connectivity index (χ0n) is 10.9. The minimum Gasteiger partial charge on any atom is -0.466 e. The van der Waals surface area contributed by atoms with Crippen molar-refractivity contribution in [3.05, 3.63) is 0 Å². The molecule has 0 fully saturated rings. The Balaban J connectivity index is 3.99. The normalized spacial score (nSPS) is 11.5. The Labute approximate surface area is 103 Å². The van der Waals surface area contributed by atoms with E-state index in [-0.39, 0.29) is 12.6 Å². The lowest BCUT2D eigenvalue weighted by Crippen LogP contribution is -2.06. The monoisotopic (exact) mass is 266 g/mol. The van der Waals surface area contributed by atoms with Crippen molar-refractivity contribution in [3.8, 4) is 0 Å². The quantitative estimate of drug-likeness (QED) is 0.345. The Kier molecular flexibility index (Phi) is 9.41. The van der Waals surface area contributed by atoms with Crippen LogP contribution in [0.3, 0.4) is 0 Å². The third-order valence-electron chi connectivity index (χ3n) is 1.87. The highest BCUT2D eigenvalue weighted by molar-refractivity contribution is 7.53. The summed E-state index contributed by atoms with van der Waals surface area (Å²) in [7, 11) is -3.00. The van der Waals surface area contributed by atoms with Crippen LogP contribution in [0.5, 0.6) is 0 Å². The van der Waals surface area contributed by atoms with Gasteiger partial charge in [0.1, 0.15) is 0 Å². The fraction of sp³-hybridized carbons (Fsp3) is 0.909. The predicted octanol–water partition coefficient (Wildman–Crippen LogP) is 2.99. The highest BCUT2D eigenvalue weighted by Crippen LogP contribution is 2.48. The van der Waals surface area contributed by atoms with Gasteiger partial charge in [-0.2, -0.15) is 0 Å². The van der Waals surface area contributed by atoms with Crippen LogP contribution in [0.15, 0.2) is 0 Å². The largest absolute Gasteiger partial charge is 0.466 e. The Bertz CT molecular complexity index is 242. The first-order valence-electron chi connectivity index (χ1n) is 6.05. The van der Waals surface area contributed by atoms with E-state index >= 15 is 0 Å². The van der Waals surface area contributed by atoms with E-state index in [2.05, 4.69) is 0 Å². The topological polar surface area (TPSA) is 61.8 Å². The molecule has 0 saturated carbocycles. The number of carbonyl (C=O) groups excluding carboxylic acids is 1. The molecule has 5 nitrogen and oxygen atoms in total. The van der Waals surface area contributed by atoms with Gasteiger partial charge in [-0.15, -0.1) is 0 Å². The van der Waals surface area contributed by atoms with Gasteiger partial charge in [-0.05, 0) is 19.3 Å². The van der Waals surface area contributed by atoms with Crippen molar-refractivity contribution in [2.75, 3.05) is 26.0 Å². The maximum Gasteiger partial charge on any atom is 0.330 e. The molecule has 102 valence electrons. The predicted molar refractivity (Wildman–Crippen MR) is 66.2 cm³/mol. The standard InChI is InChI=1S/C11H23O5P/c1-4-7-15-17(13,16-8-5-2)10-6-9-14-11(3)12/h4-10H2,1-3H3. The molecule has 0 aromatic carbocycles. The van der Waals surface area contributed by atoms with Gasteiger partial charge in [-0.25, -0.2) is 0 Å². The maximum absolute atomic E-state index is 12.2. The fourth-order valence-electron chi connectivity index (χ4n) is 1.10. The van der Waals surface area contributed by atoms with E-state index in [1.54, 1.807) is 0 Å². The molecule has 17 heavy (non-hydrogen) atoms. The summed E-state index contributed by atoms with van der Waals surface area (Å²) in [5.74, 6) is -0.330. The number of esters is 1. The molecule has 0 radical (unpaired) electrons. The minimum atomic E-state index is -3.00. The van der Waals surface area contributed by atoms with E-state index in [1.165, 1.54) is 6.92 Å². The van der Waals surface area contributed by atoms with E-state index in [4.69, 9.17) is 13.8 Å². The molecule has 0 saturated heterocycles. The molecule has 0 N–H and O–H groups in total. The second-order valence-electron chi connectivity index (χ2n) is 3.69. The zero-order chi connectivity index (χ0) is 13.1. The summed E-state index contributed by atoms with van der Waals surface area (Å²) in [6.07, 6.45) is 2.37. The Morgan fingerprint density at radius 3 is 2.00 bits per heavy atom. The van der Waals surface area contributed by atoms with Gasteiger partial charge in [0, 0.05) is 6.92 Å². The first-order chi connectivity index (χ1) is 8.04. The zero-order valence-corrected chi connectivity index (χ0v) is 11.8. The molecule has 0 atom stereocenters. The molecule has 0 amide bonds. The van der Waals surface area contributed by atoms with Crippen molar-refractivity contribution in [1.29, 1.82) is 0 Å². The van der Waals surface area contributed by atoms with Gasteiger partial charge in [0.25, 0.3) is 0 Å². The Morgan fingerprint density at radius 1 is 1.06 bits per heavy atom. The summed E-state index contributed by atoms with van der Waals surface area (Å²) < 4.78 is 27.5. The fourth-order valence-corrected chi connectivity index (χ4v) is 2.87. The molecule has 0 aliphatic carbocycles. The first-order valence-corrected chi connectivity index (χ1v) is 7.78. The summed E-state index contributed by atoms with van der Waals surface area (Å²) in [4.78, 5) is 10.6. The summed E-state index contributed by atoms with van der Waals surface area (Å²) in [5, 5.41) is 0. The van der Waals surface area contributed by atoms with Gasteiger partial charge in [-0.3, -0.25) is 9.36 Å². The summed E-state index contributed by atoms with van der Waals surface area (Å²) in [6.45, 7) is 6.35. The molecule has 0 aliphatic rings. The van der Waals surface area contributed by atoms with Gasteiger partial charge in [0.05, 0.1) is 26.0 Å². The van der Waals surface area contributed by atoms with E-state index in [1.807, 2.05) is 13.8 Å². The maximum atomic E-state index is 12.2. The van der Waals surface area contributed by atoms with Gasteiger partial charge >= 0.3 is 13.6 Å². The molecule has 0 rings (SSSR count). The van der Waals surface area contributed by atoms with Crippen LogP contribution in [0.1, 0.15) is 40.0 Å². The van der Waals surface area contributed by atoms with E-state index < -0.39 is 7.60 Å². The molecular weight excluding hydrogens is 243 g/mol. The molecule has 0 aliphatic heterocycles. The van der Waals surface area contributed by atoms with Crippen molar-refractivity contribution >= 4 is 13.6 Å². The van der Waals surface area contributed by atoms with Crippen molar-refractivity contribution < 1.29 is 23.1 Å². The molecular formula is C11H23O5P. The number of hydrogen-bond donors (Lipinski definition) is 0. The van der Waals surface area contributed by atoms with E-state index in [0.717, 1.165) is 12.8 Å². The number of ether oxygens (including phenoxy) is 1. The minimum absolute atomic E-state index is 0.254. The average molecular weight is 266 g/mol. The first kappa shape index (κ1) is 16.6. The van der Waals surface area contributed by atoms with Crippen LogP contribution in [0.4, 0.5) is 0 Å². The highest BCUT2D eigenvalue weighted by atomic mass is 31.2. The Hall–Kier alpha value is -0.380. The SMILES string of the molecule is CCCOP(=O)(CCCOC(C)=O)OCCC. The third kappa shape index (κ3) is 9.33. The van der Waals surface area contributed by atoms with Gasteiger partial charge in [0.15, 0.2) is 0 Å². The van der Waals surface area contributed by atoms with Crippen molar-refractivity contribution in [2.24, 2.45) is 0 Å². The second-order valence-corrected chi connectivity index (χ2v) is 5.88.